The molecule has 0 saturated heterocycles. The minimum Gasteiger partial charge on any atom is -0.325 e. The van der Waals surface area contributed by atoms with E-state index in [4.69, 9.17) is 0 Å². The molecule has 0 aliphatic heterocycles. The molecule has 2 aromatic heterocycles. The maximum absolute atomic E-state index is 13.5. The summed E-state index contributed by atoms with van der Waals surface area (Å²) in [6.07, 6.45) is 0. The summed E-state index contributed by atoms with van der Waals surface area (Å²) in [6.45, 7) is 1.98. The number of para-hydroxylation sites is 1. The van der Waals surface area contributed by atoms with Gasteiger partial charge in [0.1, 0.15) is 0 Å². The molecule has 0 radical (unpaired) electrons. The number of aromatic nitrogens is 4. The molecular weight excluding hydrogens is 472 g/mol. The van der Waals surface area contributed by atoms with Crippen LogP contribution in [0.3, 0.4) is 0 Å². The van der Waals surface area contributed by atoms with Crippen LogP contribution in [0.1, 0.15) is 12.5 Å². The summed E-state index contributed by atoms with van der Waals surface area (Å²) >= 11 is 1.14. The largest absolute Gasteiger partial charge is 0.325 e. The summed E-state index contributed by atoms with van der Waals surface area (Å²) in [4.78, 5) is 26.0. The van der Waals surface area contributed by atoms with E-state index in [9.17, 15) is 18.4 Å². The molecule has 1 atom stereocenters. The van der Waals surface area contributed by atoms with Crippen molar-refractivity contribution in [3.63, 3.8) is 0 Å². The predicted molar refractivity (Wildman–Crippen MR) is 131 cm³/mol. The monoisotopic (exact) mass is 491 g/mol. The van der Waals surface area contributed by atoms with Crippen LogP contribution in [-0.4, -0.2) is 30.3 Å². The van der Waals surface area contributed by atoms with E-state index in [0.717, 1.165) is 29.5 Å². The van der Waals surface area contributed by atoms with E-state index in [1.807, 2.05) is 36.4 Å². The Morgan fingerprint density at radius 3 is 2.51 bits per heavy atom. The lowest BCUT2D eigenvalue weighted by atomic mass is 10.2. The van der Waals surface area contributed by atoms with Crippen LogP contribution < -0.4 is 10.9 Å². The molecule has 10 heteroatoms. The number of amides is 1. The fraction of sp³-hybridized carbons (Fsp3) is 0.120. The molecule has 5 rings (SSSR count). The zero-order chi connectivity index (χ0) is 24.5. The zero-order valence-corrected chi connectivity index (χ0v) is 19.3. The van der Waals surface area contributed by atoms with Crippen molar-refractivity contribution >= 4 is 40.0 Å². The van der Waals surface area contributed by atoms with Crippen LogP contribution >= 0.6 is 11.8 Å². The van der Waals surface area contributed by atoms with Gasteiger partial charge in [0, 0.05) is 11.8 Å². The first-order valence-corrected chi connectivity index (χ1v) is 11.6. The minimum atomic E-state index is -1.05. The lowest BCUT2D eigenvalue weighted by Crippen LogP contribution is -2.24. The highest BCUT2D eigenvalue weighted by Crippen LogP contribution is 2.26. The SMILES string of the molecule is CC(Sc1nnc2n(Cc3ccccc3)c(=O)c3ccccc3n12)C(=O)Nc1ccc(F)c(F)c1. The highest BCUT2D eigenvalue weighted by Gasteiger charge is 2.22. The molecule has 5 aromatic rings. The highest BCUT2D eigenvalue weighted by atomic mass is 32.2. The molecule has 7 nitrogen and oxygen atoms in total. The average molecular weight is 492 g/mol. The van der Waals surface area contributed by atoms with Crippen molar-refractivity contribution < 1.29 is 13.6 Å². The molecule has 35 heavy (non-hydrogen) atoms. The van der Waals surface area contributed by atoms with Crippen LogP contribution in [0.2, 0.25) is 0 Å². The van der Waals surface area contributed by atoms with E-state index in [-0.39, 0.29) is 11.2 Å². The number of hydrogen-bond acceptors (Lipinski definition) is 5. The minimum absolute atomic E-state index is 0.148. The molecule has 3 aromatic carbocycles. The van der Waals surface area contributed by atoms with E-state index in [1.54, 1.807) is 34.1 Å². The zero-order valence-electron chi connectivity index (χ0n) is 18.5. The topological polar surface area (TPSA) is 81.3 Å². The molecule has 1 N–H and O–H groups in total. The first kappa shape index (κ1) is 22.7. The summed E-state index contributed by atoms with van der Waals surface area (Å²) in [5.41, 5.74) is 1.51. The quantitative estimate of drug-likeness (QED) is 0.354. The average Bonchev–Trinajstić information content (AvgIpc) is 3.28. The number of nitrogens with one attached hydrogen (secondary N) is 1. The summed E-state index contributed by atoms with van der Waals surface area (Å²) in [5.74, 6) is -2.10. The van der Waals surface area contributed by atoms with Crippen LogP contribution in [-0.2, 0) is 11.3 Å². The fourth-order valence-corrected chi connectivity index (χ4v) is 4.60. The highest BCUT2D eigenvalue weighted by molar-refractivity contribution is 8.00. The van der Waals surface area contributed by atoms with Crippen molar-refractivity contribution in [1.29, 1.82) is 0 Å². The van der Waals surface area contributed by atoms with Crippen LogP contribution in [0, 0.1) is 11.6 Å². The number of thioether (sulfide) groups is 1. The Bertz CT molecular complexity index is 1620. The number of rotatable bonds is 6. The Balaban J connectivity index is 1.51. The van der Waals surface area contributed by atoms with Gasteiger partial charge in [0.2, 0.25) is 11.7 Å². The molecule has 0 aliphatic rings. The van der Waals surface area contributed by atoms with Gasteiger partial charge in [-0.3, -0.25) is 18.6 Å². The third-order valence-electron chi connectivity index (χ3n) is 5.50. The van der Waals surface area contributed by atoms with Gasteiger partial charge < -0.3 is 5.32 Å². The third-order valence-corrected chi connectivity index (χ3v) is 6.54. The van der Waals surface area contributed by atoms with Crippen molar-refractivity contribution in [3.05, 3.63) is 100 Å². The van der Waals surface area contributed by atoms with Gasteiger partial charge in [-0.25, -0.2) is 8.78 Å². The molecule has 176 valence electrons. The van der Waals surface area contributed by atoms with Gasteiger partial charge in [0.25, 0.3) is 5.56 Å². The first-order chi connectivity index (χ1) is 16.9. The van der Waals surface area contributed by atoms with E-state index in [1.165, 1.54) is 6.07 Å². The van der Waals surface area contributed by atoms with Gasteiger partial charge in [0.15, 0.2) is 16.8 Å². The molecule has 0 fully saturated rings. The van der Waals surface area contributed by atoms with Crippen LogP contribution in [0.15, 0.2) is 82.7 Å². The number of fused-ring (bicyclic) bond motifs is 3. The summed E-state index contributed by atoms with van der Waals surface area (Å²) in [5, 5.41) is 11.4. The van der Waals surface area contributed by atoms with Gasteiger partial charge in [-0.15, -0.1) is 10.2 Å². The second-order valence-electron chi connectivity index (χ2n) is 7.89. The summed E-state index contributed by atoms with van der Waals surface area (Å²) < 4.78 is 30.0. The van der Waals surface area contributed by atoms with Crippen LogP contribution in [0.25, 0.3) is 16.7 Å². The Morgan fingerprint density at radius 2 is 1.74 bits per heavy atom. The molecule has 0 bridgehead atoms. The molecule has 0 aliphatic carbocycles. The number of carbonyl (C=O) groups is 1. The van der Waals surface area contributed by atoms with E-state index in [2.05, 4.69) is 15.5 Å². The lowest BCUT2D eigenvalue weighted by Gasteiger charge is -2.13. The number of carbonyl (C=O) groups excluding carboxylic acids is 1. The maximum Gasteiger partial charge on any atom is 0.263 e. The number of hydrogen-bond donors (Lipinski definition) is 1. The number of halogens is 2. The van der Waals surface area contributed by atoms with E-state index in [0.29, 0.717) is 28.4 Å². The Kier molecular flexibility index (Phi) is 6.04. The van der Waals surface area contributed by atoms with Crippen molar-refractivity contribution in [1.82, 2.24) is 19.2 Å². The van der Waals surface area contributed by atoms with Gasteiger partial charge in [-0.2, -0.15) is 0 Å². The molecule has 1 amide bonds. The first-order valence-electron chi connectivity index (χ1n) is 10.8. The van der Waals surface area contributed by atoms with Crippen molar-refractivity contribution in [2.45, 2.75) is 23.9 Å². The van der Waals surface area contributed by atoms with E-state index < -0.39 is 22.8 Å². The molecule has 1 unspecified atom stereocenters. The molecular formula is C25H19F2N5O2S. The van der Waals surface area contributed by atoms with Gasteiger partial charge in [-0.05, 0) is 36.8 Å². The summed E-state index contributed by atoms with van der Waals surface area (Å²) in [7, 11) is 0. The van der Waals surface area contributed by atoms with Crippen LogP contribution in [0.5, 0.6) is 0 Å². The third kappa shape index (κ3) is 4.40. The normalized spacial score (nSPS) is 12.2. The number of benzene rings is 3. The second kappa shape index (κ2) is 9.30. The molecule has 0 saturated carbocycles. The predicted octanol–water partition coefficient (Wildman–Crippen LogP) is 4.49. The Hall–Kier alpha value is -4.05. The van der Waals surface area contributed by atoms with Gasteiger partial charge >= 0.3 is 0 Å². The molecule has 2 heterocycles. The smallest absolute Gasteiger partial charge is 0.263 e. The fourth-order valence-electron chi connectivity index (χ4n) is 3.75. The maximum atomic E-state index is 13.5. The Labute approximate surface area is 202 Å². The lowest BCUT2D eigenvalue weighted by molar-refractivity contribution is -0.115. The number of anilines is 1. The van der Waals surface area contributed by atoms with E-state index >= 15 is 0 Å². The van der Waals surface area contributed by atoms with Crippen molar-refractivity contribution in [2.75, 3.05) is 5.32 Å². The standard InChI is InChI=1S/C25H19F2N5O2S/c1-15(22(33)28-17-11-12-19(26)20(27)13-17)35-25-30-29-24-31(14-16-7-3-2-4-8-16)23(34)18-9-5-6-10-21(18)32(24)25/h2-13,15H,14H2,1H3,(H,28,33). The summed E-state index contributed by atoms with van der Waals surface area (Å²) in [6, 6.07) is 19.9. The number of nitrogens with zero attached hydrogens (tertiary/aromatic N) is 4. The van der Waals surface area contributed by atoms with Crippen molar-refractivity contribution in [3.8, 4) is 0 Å². The second-order valence-corrected chi connectivity index (χ2v) is 9.20. The Morgan fingerprint density at radius 1 is 1.00 bits per heavy atom. The van der Waals surface area contributed by atoms with Gasteiger partial charge in [0.05, 0.1) is 22.7 Å². The van der Waals surface area contributed by atoms with Crippen molar-refractivity contribution in [2.24, 2.45) is 0 Å². The van der Waals surface area contributed by atoms with Crippen LogP contribution in [0.4, 0.5) is 14.5 Å². The van der Waals surface area contributed by atoms with Gasteiger partial charge in [-0.1, -0.05) is 54.2 Å². The molecule has 0 spiro atoms.